The van der Waals surface area contributed by atoms with Gasteiger partial charge in [0.15, 0.2) is 11.5 Å². The Kier molecular flexibility index (Phi) is 6.08. The normalized spacial score (nSPS) is 13.3. The Morgan fingerprint density at radius 3 is 2.40 bits per heavy atom. The van der Waals surface area contributed by atoms with E-state index >= 15 is 0 Å². The molecule has 2 heterocycles. The molecular formula is C27H26N2O5S. The van der Waals surface area contributed by atoms with Crippen LogP contribution in [0.3, 0.4) is 0 Å². The van der Waals surface area contributed by atoms with Crippen molar-refractivity contribution < 1.29 is 17.9 Å². The zero-order valence-electron chi connectivity index (χ0n) is 19.6. The van der Waals surface area contributed by atoms with E-state index in [1.54, 1.807) is 12.1 Å². The summed E-state index contributed by atoms with van der Waals surface area (Å²) in [4.78, 5) is 16.0. The van der Waals surface area contributed by atoms with Crippen molar-refractivity contribution in [3.05, 3.63) is 99.3 Å². The molecule has 1 aromatic heterocycles. The van der Waals surface area contributed by atoms with Gasteiger partial charge in [-0.3, -0.25) is 4.79 Å². The minimum absolute atomic E-state index is 0.0791. The average molecular weight is 491 g/mol. The molecule has 0 amide bonds. The van der Waals surface area contributed by atoms with Gasteiger partial charge in [-0.1, -0.05) is 36.4 Å². The van der Waals surface area contributed by atoms with Crippen molar-refractivity contribution in [3.63, 3.8) is 0 Å². The van der Waals surface area contributed by atoms with Gasteiger partial charge in [0.1, 0.15) is 13.2 Å². The van der Waals surface area contributed by atoms with Gasteiger partial charge in [0.25, 0.3) is 5.56 Å². The Labute approximate surface area is 204 Å². The molecule has 0 atom stereocenters. The van der Waals surface area contributed by atoms with E-state index in [0.717, 1.165) is 27.6 Å². The molecule has 5 rings (SSSR count). The zero-order valence-corrected chi connectivity index (χ0v) is 20.4. The van der Waals surface area contributed by atoms with Gasteiger partial charge in [-0.15, -0.1) is 0 Å². The first-order valence-corrected chi connectivity index (χ1v) is 12.8. The number of nitrogens with one attached hydrogen (secondary N) is 1. The van der Waals surface area contributed by atoms with Crippen LogP contribution >= 0.6 is 0 Å². The van der Waals surface area contributed by atoms with Gasteiger partial charge in [0.2, 0.25) is 10.0 Å². The number of H-pyrrole nitrogens is 1. The highest BCUT2D eigenvalue weighted by atomic mass is 32.2. The number of nitrogens with zero attached hydrogens (tertiary/aromatic N) is 1. The highest BCUT2D eigenvalue weighted by molar-refractivity contribution is 7.89. The summed E-state index contributed by atoms with van der Waals surface area (Å²) in [6.07, 6.45) is 0. The lowest BCUT2D eigenvalue weighted by Crippen LogP contribution is -2.32. The van der Waals surface area contributed by atoms with E-state index in [-0.39, 0.29) is 23.5 Å². The van der Waals surface area contributed by atoms with Crippen LogP contribution in [0.5, 0.6) is 11.5 Å². The van der Waals surface area contributed by atoms with E-state index < -0.39 is 10.0 Å². The van der Waals surface area contributed by atoms with E-state index in [1.807, 2.05) is 56.3 Å². The molecule has 0 unspecified atom stereocenters. The van der Waals surface area contributed by atoms with Gasteiger partial charge in [-0.2, -0.15) is 4.31 Å². The molecule has 180 valence electrons. The van der Waals surface area contributed by atoms with E-state index in [2.05, 4.69) is 4.98 Å². The third-order valence-corrected chi connectivity index (χ3v) is 7.88. The molecule has 0 bridgehead atoms. The fourth-order valence-corrected chi connectivity index (χ4v) is 5.79. The minimum atomic E-state index is -3.97. The van der Waals surface area contributed by atoms with Crippen LogP contribution in [0.25, 0.3) is 10.9 Å². The number of benzene rings is 3. The largest absolute Gasteiger partial charge is 0.486 e. The highest BCUT2D eigenvalue weighted by Gasteiger charge is 2.28. The Hall–Kier alpha value is -3.62. The molecule has 8 heteroatoms. The standard InChI is InChI=1S/C27H26N2O5S/c1-18-12-19(2)23-14-21(27(30)28-24(23)13-18)17-29(16-20-6-4-3-5-7-20)35(31,32)22-8-9-25-26(15-22)34-11-10-33-25/h3-9,12-15H,10-11,16-17H2,1-2H3,(H,28,30). The molecule has 0 saturated heterocycles. The van der Waals surface area contributed by atoms with E-state index in [0.29, 0.717) is 30.3 Å². The number of ether oxygens (including phenoxy) is 2. The van der Waals surface area contributed by atoms with Crippen molar-refractivity contribution in [2.45, 2.75) is 31.8 Å². The van der Waals surface area contributed by atoms with Gasteiger partial charge in [-0.25, -0.2) is 8.42 Å². The van der Waals surface area contributed by atoms with Crippen LogP contribution in [0, 0.1) is 13.8 Å². The molecule has 0 fully saturated rings. The lowest BCUT2D eigenvalue weighted by atomic mass is 10.0. The maximum absolute atomic E-state index is 13.8. The second-order valence-corrected chi connectivity index (χ2v) is 10.7. The fraction of sp³-hybridized carbons (Fsp3) is 0.222. The lowest BCUT2D eigenvalue weighted by molar-refractivity contribution is 0.171. The molecule has 35 heavy (non-hydrogen) atoms. The van der Waals surface area contributed by atoms with Gasteiger partial charge >= 0.3 is 0 Å². The second kappa shape index (κ2) is 9.20. The van der Waals surface area contributed by atoms with Crippen molar-refractivity contribution in [2.24, 2.45) is 0 Å². The van der Waals surface area contributed by atoms with Crippen LogP contribution < -0.4 is 15.0 Å². The molecule has 0 radical (unpaired) electrons. The monoisotopic (exact) mass is 490 g/mol. The summed E-state index contributed by atoms with van der Waals surface area (Å²) in [5.74, 6) is 0.910. The summed E-state index contributed by atoms with van der Waals surface area (Å²) < 4.78 is 40.1. The first-order valence-electron chi connectivity index (χ1n) is 11.4. The number of pyridine rings is 1. The summed E-state index contributed by atoms with van der Waals surface area (Å²) in [6, 6.07) is 19.7. The Balaban J connectivity index is 1.58. The average Bonchev–Trinajstić information content (AvgIpc) is 2.84. The smallest absolute Gasteiger partial charge is 0.252 e. The summed E-state index contributed by atoms with van der Waals surface area (Å²) in [5.41, 5.74) is 3.68. The molecule has 1 aliphatic rings. The fourth-order valence-electron chi connectivity index (χ4n) is 4.37. The molecule has 3 aromatic carbocycles. The van der Waals surface area contributed by atoms with Crippen LogP contribution in [0.15, 0.2) is 76.4 Å². The number of aromatic amines is 1. The number of hydrogen-bond donors (Lipinski definition) is 1. The first kappa shape index (κ1) is 23.1. The summed E-state index contributed by atoms with van der Waals surface area (Å²) in [6.45, 7) is 4.76. The molecule has 0 spiro atoms. The Bertz CT molecular complexity index is 1560. The number of aromatic nitrogens is 1. The molecule has 1 N–H and O–H groups in total. The molecule has 0 saturated carbocycles. The Morgan fingerprint density at radius 1 is 0.886 bits per heavy atom. The quantitative estimate of drug-likeness (QED) is 0.435. The predicted octanol–water partition coefficient (Wildman–Crippen LogP) is 4.31. The summed E-state index contributed by atoms with van der Waals surface area (Å²) >= 11 is 0. The van der Waals surface area contributed by atoms with Crippen LogP contribution in [-0.4, -0.2) is 30.9 Å². The SMILES string of the molecule is Cc1cc(C)c2cc(CN(Cc3ccccc3)S(=O)(=O)c3ccc4c(c3)OCCO4)c(=O)[nH]c2c1. The number of hydrogen-bond acceptors (Lipinski definition) is 5. The van der Waals surface area contributed by atoms with Crippen molar-refractivity contribution >= 4 is 20.9 Å². The molecular weight excluding hydrogens is 464 g/mol. The van der Waals surface area contributed by atoms with E-state index in [9.17, 15) is 13.2 Å². The molecule has 0 aliphatic carbocycles. The van der Waals surface area contributed by atoms with Crippen molar-refractivity contribution in [2.75, 3.05) is 13.2 Å². The second-order valence-electron chi connectivity index (χ2n) is 8.73. The maximum atomic E-state index is 13.8. The number of rotatable bonds is 6. The number of sulfonamides is 1. The zero-order chi connectivity index (χ0) is 24.6. The van der Waals surface area contributed by atoms with E-state index in [1.165, 1.54) is 16.4 Å². The van der Waals surface area contributed by atoms with Gasteiger partial charge in [0.05, 0.1) is 4.90 Å². The molecule has 4 aromatic rings. The van der Waals surface area contributed by atoms with Gasteiger partial charge in [-0.05, 0) is 54.8 Å². The van der Waals surface area contributed by atoms with Crippen LogP contribution in [-0.2, 0) is 23.1 Å². The topological polar surface area (TPSA) is 88.7 Å². The van der Waals surface area contributed by atoms with E-state index in [4.69, 9.17) is 9.47 Å². The predicted molar refractivity (Wildman–Crippen MR) is 134 cm³/mol. The van der Waals surface area contributed by atoms with Crippen LogP contribution in [0.2, 0.25) is 0 Å². The molecule has 1 aliphatic heterocycles. The summed E-state index contributed by atoms with van der Waals surface area (Å²) in [7, 11) is -3.97. The highest BCUT2D eigenvalue weighted by Crippen LogP contribution is 2.34. The third-order valence-electron chi connectivity index (χ3n) is 6.09. The number of fused-ring (bicyclic) bond motifs is 2. The van der Waals surface area contributed by atoms with Crippen LogP contribution in [0.1, 0.15) is 22.3 Å². The Morgan fingerprint density at radius 2 is 1.63 bits per heavy atom. The molecule has 7 nitrogen and oxygen atoms in total. The van der Waals surface area contributed by atoms with Gasteiger partial charge in [0, 0.05) is 35.6 Å². The third kappa shape index (κ3) is 4.67. The number of aryl methyl sites for hydroxylation is 2. The maximum Gasteiger partial charge on any atom is 0.252 e. The minimum Gasteiger partial charge on any atom is -0.486 e. The van der Waals surface area contributed by atoms with Gasteiger partial charge < -0.3 is 14.5 Å². The van der Waals surface area contributed by atoms with Crippen molar-refractivity contribution in [3.8, 4) is 11.5 Å². The first-order chi connectivity index (χ1) is 16.8. The van der Waals surface area contributed by atoms with Crippen LogP contribution in [0.4, 0.5) is 0 Å². The lowest BCUT2D eigenvalue weighted by Gasteiger charge is -2.24. The van der Waals surface area contributed by atoms with Crippen molar-refractivity contribution in [1.29, 1.82) is 0 Å². The van der Waals surface area contributed by atoms with Crippen molar-refractivity contribution in [1.82, 2.24) is 9.29 Å². The summed E-state index contributed by atoms with van der Waals surface area (Å²) in [5, 5.41) is 0.890.